The molecule has 0 saturated carbocycles. The Labute approximate surface area is 171 Å². The van der Waals surface area contributed by atoms with Crippen LogP contribution in [0, 0.1) is 10.8 Å². The van der Waals surface area contributed by atoms with E-state index in [1.165, 1.54) is 12.8 Å². The largest absolute Gasteiger partial charge is 0.381 e. The Hall–Kier alpha value is -1.43. The van der Waals surface area contributed by atoms with E-state index in [1.807, 2.05) is 10.9 Å². The smallest absolute Gasteiger partial charge is 0.220 e. The van der Waals surface area contributed by atoms with Gasteiger partial charge < -0.3 is 10.1 Å². The lowest BCUT2D eigenvalue weighted by Crippen LogP contribution is -2.22. The van der Waals surface area contributed by atoms with Crippen molar-refractivity contribution in [2.45, 2.75) is 99.6 Å². The van der Waals surface area contributed by atoms with Crippen molar-refractivity contribution in [3.63, 3.8) is 0 Å². The highest BCUT2D eigenvalue weighted by Crippen LogP contribution is 2.22. The van der Waals surface area contributed by atoms with E-state index >= 15 is 0 Å². The minimum absolute atomic E-state index is 0.0950. The molecule has 0 aromatic carbocycles. The molecular weight excluding hydrogens is 352 g/mol. The lowest BCUT2D eigenvalue weighted by atomic mass is 9.89. The van der Waals surface area contributed by atoms with Gasteiger partial charge in [0.05, 0.1) is 12.7 Å². The minimum atomic E-state index is 0.0950. The van der Waals surface area contributed by atoms with Crippen molar-refractivity contribution in [3.05, 3.63) is 11.9 Å². The Kier molecular flexibility index (Phi) is 10.7. The lowest BCUT2D eigenvalue weighted by Gasteiger charge is -2.17. The molecule has 0 aliphatic heterocycles. The van der Waals surface area contributed by atoms with Crippen molar-refractivity contribution in [2.24, 2.45) is 10.8 Å². The van der Waals surface area contributed by atoms with Gasteiger partial charge in [0.15, 0.2) is 0 Å². The summed E-state index contributed by atoms with van der Waals surface area (Å²) in [4.78, 5) is 11.9. The number of hydrogen-bond acceptors (Lipinski definition) is 4. The molecule has 1 heterocycles. The van der Waals surface area contributed by atoms with Gasteiger partial charge in [0.2, 0.25) is 5.91 Å². The third-order valence-electron chi connectivity index (χ3n) is 4.56. The maximum atomic E-state index is 11.9. The molecule has 6 nitrogen and oxygen atoms in total. The number of carbonyl (C=O) groups is 1. The molecule has 1 N–H and O–H groups in total. The first kappa shape index (κ1) is 24.6. The zero-order valence-electron chi connectivity index (χ0n) is 19.0. The molecule has 0 saturated heterocycles. The van der Waals surface area contributed by atoms with Crippen molar-refractivity contribution in [1.82, 2.24) is 20.3 Å². The van der Waals surface area contributed by atoms with E-state index in [9.17, 15) is 4.79 Å². The molecule has 0 aliphatic rings. The first-order valence-corrected chi connectivity index (χ1v) is 10.8. The lowest BCUT2D eigenvalue weighted by molar-refractivity contribution is -0.121. The maximum absolute atomic E-state index is 11.9. The number of aryl methyl sites for hydroxylation is 1. The molecule has 6 heteroatoms. The zero-order valence-corrected chi connectivity index (χ0v) is 19.0. The van der Waals surface area contributed by atoms with Gasteiger partial charge in [-0.1, -0.05) is 59.6 Å². The molecule has 0 unspecified atom stereocenters. The monoisotopic (exact) mass is 394 g/mol. The molecule has 0 radical (unpaired) electrons. The maximum Gasteiger partial charge on any atom is 0.220 e. The van der Waals surface area contributed by atoms with Crippen LogP contribution < -0.4 is 5.32 Å². The highest BCUT2D eigenvalue weighted by Gasteiger charge is 2.10. The predicted molar refractivity (Wildman–Crippen MR) is 114 cm³/mol. The number of ether oxygens (including phenoxy) is 1. The highest BCUT2D eigenvalue weighted by atomic mass is 16.5. The van der Waals surface area contributed by atoms with Crippen LogP contribution in [-0.2, 0) is 22.6 Å². The van der Waals surface area contributed by atoms with Crippen LogP contribution in [0.5, 0.6) is 0 Å². The molecule has 1 amide bonds. The molecular formula is C22H42N4O2. The Morgan fingerprint density at radius 2 is 1.71 bits per heavy atom. The standard InChI is InChI=1S/C22H42N4O2/c1-21(2,3)12-9-7-8-11-20(27)23-17-19-18-26(25-24-19)14-10-15-28-16-13-22(4,5)6/h18H,7-17H2,1-6H3,(H,23,27). The molecule has 0 fully saturated rings. The molecule has 0 aliphatic carbocycles. The predicted octanol–water partition coefficient (Wildman–Crippen LogP) is 4.73. The van der Waals surface area contributed by atoms with Gasteiger partial charge >= 0.3 is 0 Å². The van der Waals surface area contributed by atoms with Gasteiger partial charge in [0, 0.05) is 26.2 Å². The summed E-state index contributed by atoms with van der Waals surface area (Å²) in [6, 6.07) is 0. The average molecular weight is 395 g/mol. The number of carbonyl (C=O) groups excluding carboxylic acids is 1. The van der Waals surface area contributed by atoms with Crippen LogP contribution in [0.1, 0.15) is 92.2 Å². The van der Waals surface area contributed by atoms with Gasteiger partial charge in [-0.15, -0.1) is 5.10 Å². The molecule has 28 heavy (non-hydrogen) atoms. The number of nitrogens with zero attached hydrogens (tertiary/aromatic N) is 3. The minimum Gasteiger partial charge on any atom is -0.381 e. The van der Waals surface area contributed by atoms with Crippen LogP contribution >= 0.6 is 0 Å². The number of nitrogens with one attached hydrogen (secondary N) is 1. The van der Waals surface area contributed by atoms with Gasteiger partial charge in [-0.2, -0.15) is 0 Å². The summed E-state index contributed by atoms with van der Waals surface area (Å²) in [6.07, 6.45) is 8.92. The van der Waals surface area contributed by atoms with Crippen molar-refractivity contribution < 1.29 is 9.53 Å². The van der Waals surface area contributed by atoms with Gasteiger partial charge in [0.25, 0.3) is 0 Å². The van der Waals surface area contributed by atoms with Crippen LogP contribution in [0.2, 0.25) is 0 Å². The number of hydrogen-bond donors (Lipinski definition) is 1. The van der Waals surface area contributed by atoms with Crippen molar-refractivity contribution in [1.29, 1.82) is 0 Å². The average Bonchev–Trinajstić information content (AvgIpc) is 3.01. The Balaban J connectivity index is 2.09. The second kappa shape index (κ2) is 12.2. The van der Waals surface area contributed by atoms with E-state index in [0.717, 1.165) is 51.1 Å². The first-order valence-electron chi connectivity index (χ1n) is 10.8. The van der Waals surface area contributed by atoms with Gasteiger partial charge in [-0.3, -0.25) is 9.48 Å². The van der Waals surface area contributed by atoms with E-state index in [2.05, 4.69) is 57.2 Å². The van der Waals surface area contributed by atoms with E-state index in [1.54, 1.807) is 0 Å². The normalized spacial score (nSPS) is 12.4. The fraction of sp³-hybridized carbons (Fsp3) is 0.864. The summed E-state index contributed by atoms with van der Waals surface area (Å²) >= 11 is 0. The highest BCUT2D eigenvalue weighted by molar-refractivity contribution is 5.75. The third-order valence-corrected chi connectivity index (χ3v) is 4.56. The van der Waals surface area contributed by atoms with Gasteiger partial charge in [0.1, 0.15) is 5.69 Å². The second-order valence-corrected chi connectivity index (χ2v) is 10.1. The molecule has 1 aromatic heterocycles. The summed E-state index contributed by atoms with van der Waals surface area (Å²) in [7, 11) is 0. The fourth-order valence-corrected chi connectivity index (χ4v) is 2.73. The van der Waals surface area contributed by atoms with E-state index in [-0.39, 0.29) is 5.91 Å². The molecule has 0 bridgehead atoms. The van der Waals surface area contributed by atoms with Crippen LogP contribution in [0.15, 0.2) is 6.20 Å². The Morgan fingerprint density at radius 1 is 1.00 bits per heavy atom. The van der Waals surface area contributed by atoms with Crippen LogP contribution in [0.3, 0.4) is 0 Å². The zero-order chi connectivity index (χ0) is 21.0. The number of amides is 1. The summed E-state index contributed by atoms with van der Waals surface area (Å²) in [5.74, 6) is 0.0950. The van der Waals surface area contributed by atoms with Crippen LogP contribution in [0.4, 0.5) is 0 Å². The van der Waals surface area contributed by atoms with Crippen molar-refractivity contribution in [3.8, 4) is 0 Å². The first-order chi connectivity index (χ1) is 13.1. The molecule has 0 atom stereocenters. The topological polar surface area (TPSA) is 69.0 Å². The number of aromatic nitrogens is 3. The van der Waals surface area contributed by atoms with Crippen LogP contribution in [-0.4, -0.2) is 34.1 Å². The molecule has 0 spiro atoms. The van der Waals surface area contributed by atoms with Gasteiger partial charge in [-0.25, -0.2) is 0 Å². The summed E-state index contributed by atoms with van der Waals surface area (Å²) in [5, 5.41) is 11.2. The van der Waals surface area contributed by atoms with E-state index in [4.69, 9.17) is 4.74 Å². The summed E-state index contributed by atoms with van der Waals surface area (Å²) < 4.78 is 7.49. The number of rotatable bonds is 13. The van der Waals surface area contributed by atoms with Crippen molar-refractivity contribution in [2.75, 3.05) is 13.2 Å². The fourth-order valence-electron chi connectivity index (χ4n) is 2.73. The van der Waals surface area contributed by atoms with Crippen LogP contribution in [0.25, 0.3) is 0 Å². The number of unbranched alkanes of at least 4 members (excludes halogenated alkanes) is 2. The molecule has 1 rings (SSSR count). The Morgan fingerprint density at radius 3 is 2.39 bits per heavy atom. The van der Waals surface area contributed by atoms with Crippen molar-refractivity contribution >= 4 is 5.91 Å². The summed E-state index contributed by atoms with van der Waals surface area (Å²) in [6.45, 7) is 16.2. The molecule has 162 valence electrons. The SMILES string of the molecule is CC(C)(C)CCCCCC(=O)NCc1cn(CCCOCCC(C)(C)C)nn1. The van der Waals surface area contributed by atoms with Gasteiger partial charge in [-0.05, 0) is 36.5 Å². The second-order valence-electron chi connectivity index (χ2n) is 10.1. The summed E-state index contributed by atoms with van der Waals surface area (Å²) in [5.41, 5.74) is 1.50. The third kappa shape index (κ3) is 13.7. The quantitative estimate of drug-likeness (QED) is 0.491. The molecule has 1 aromatic rings. The Bertz CT molecular complexity index is 556. The van der Waals surface area contributed by atoms with E-state index in [0.29, 0.717) is 23.8 Å². The van der Waals surface area contributed by atoms with E-state index < -0.39 is 0 Å².